The molecular weight excluding hydrogens is 376 g/mol. The van der Waals surface area contributed by atoms with Gasteiger partial charge in [-0.3, -0.25) is 14.4 Å². The van der Waals surface area contributed by atoms with E-state index in [1.807, 2.05) is 27.7 Å². The molecule has 6 atom stereocenters. The Morgan fingerprint density at radius 2 is 2.03 bits per heavy atom. The summed E-state index contributed by atoms with van der Waals surface area (Å²) in [7, 11) is 0. The molecule has 2 unspecified atom stereocenters. The molecular formula is C21H32N2O6. The summed E-state index contributed by atoms with van der Waals surface area (Å²) in [4.78, 5) is 42.3. The number of aliphatic hydroxyl groups is 1. The van der Waals surface area contributed by atoms with Crippen molar-refractivity contribution in [3.63, 3.8) is 0 Å². The summed E-state index contributed by atoms with van der Waals surface area (Å²) in [6.07, 6.45) is 2.04. The lowest BCUT2D eigenvalue weighted by Gasteiger charge is -2.41. The van der Waals surface area contributed by atoms with Gasteiger partial charge in [0.2, 0.25) is 11.8 Å². The van der Waals surface area contributed by atoms with E-state index in [0.717, 1.165) is 0 Å². The molecule has 2 amide bonds. The first kappa shape index (κ1) is 21.8. The van der Waals surface area contributed by atoms with Crippen molar-refractivity contribution < 1.29 is 29.3 Å². The van der Waals surface area contributed by atoms with Gasteiger partial charge in [0.05, 0.1) is 30.6 Å². The Labute approximate surface area is 171 Å². The van der Waals surface area contributed by atoms with Gasteiger partial charge in [0, 0.05) is 12.6 Å². The summed E-state index contributed by atoms with van der Waals surface area (Å²) in [5.41, 5.74) is -1.15. The van der Waals surface area contributed by atoms with Crippen LogP contribution in [0.25, 0.3) is 0 Å². The van der Waals surface area contributed by atoms with Crippen molar-refractivity contribution >= 4 is 17.8 Å². The van der Waals surface area contributed by atoms with Crippen LogP contribution in [0.5, 0.6) is 0 Å². The smallest absolute Gasteiger partial charge is 0.310 e. The Bertz CT molecular complexity index is 707. The van der Waals surface area contributed by atoms with Gasteiger partial charge in [-0.25, -0.2) is 0 Å². The number of likely N-dealkylation sites (tertiary alicyclic amines) is 1. The highest BCUT2D eigenvalue weighted by Crippen LogP contribution is 2.59. The molecule has 3 aliphatic rings. The van der Waals surface area contributed by atoms with Crippen LogP contribution in [0.3, 0.4) is 0 Å². The molecule has 8 heteroatoms. The van der Waals surface area contributed by atoms with Crippen LogP contribution >= 0.6 is 0 Å². The van der Waals surface area contributed by atoms with E-state index in [4.69, 9.17) is 4.74 Å². The summed E-state index contributed by atoms with van der Waals surface area (Å²) in [5.74, 6) is -3.72. The van der Waals surface area contributed by atoms with E-state index in [2.05, 4.69) is 6.58 Å². The number of fused-ring (bicyclic) bond motifs is 1. The van der Waals surface area contributed by atoms with Crippen molar-refractivity contribution in [2.45, 2.75) is 70.4 Å². The number of hydrogen-bond acceptors (Lipinski definition) is 5. The fourth-order valence-electron chi connectivity index (χ4n) is 5.48. The Balaban J connectivity index is 2.13. The Kier molecular flexibility index (Phi) is 5.80. The highest BCUT2D eigenvalue weighted by atomic mass is 16.5. The molecule has 8 nitrogen and oxygen atoms in total. The minimum absolute atomic E-state index is 0.109. The molecule has 3 fully saturated rings. The van der Waals surface area contributed by atoms with Crippen molar-refractivity contribution in [1.29, 1.82) is 0 Å². The minimum Gasteiger partial charge on any atom is -0.481 e. The van der Waals surface area contributed by atoms with Crippen molar-refractivity contribution in [3.05, 3.63) is 12.7 Å². The summed E-state index contributed by atoms with van der Waals surface area (Å²) < 4.78 is 6.18. The molecule has 0 radical (unpaired) electrons. The second-order valence-corrected chi connectivity index (χ2v) is 9.01. The Morgan fingerprint density at radius 3 is 2.52 bits per heavy atom. The van der Waals surface area contributed by atoms with Crippen molar-refractivity contribution in [2.24, 2.45) is 17.8 Å². The third-order valence-electron chi connectivity index (χ3n) is 6.80. The Morgan fingerprint density at radius 1 is 1.38 bits per heavy atom. The van der Waals surface area contributed by atoms with Gasteiger partial charge in [-0.1, -0.05) is 19.9 Å². The topological polar surface area (TPSA) is 107 Å². The molecule has 0 saturated carbocycles. The van der Waals surface area contributed by atoms with Gasteiger partial charge in [-0.05, 0) is 32.6 Å². The van der Waals surface area contributed by atoms with Gasteiger partial charge in [0.25, 0.3) is 0 Å². The Hall–Kier alpha value is -1.93. The lowest BCUT2D eigenvalue weighted by Crippen LogP contribution is -2.60. The third-order valence-corrected chi connectivity index (χ3v) is 6.80. The van der Waals surface area contributed by atoms with Crippen LogP contribution in [-0.2, 0) is 19.1 Å². The molecule has 0 aromatic carbocycles. The summed E-state index contributed by atoms with van der Waals surface area (Å²) in [5, 5.41) is 19.8. The second kappa shape index (κ2) is 7.72. The lowest BCUT2D eigenvalue weighted by molar-refractivity contribution is -0.154. The van der Waals surface area contributed by atoms with Crippen LogP contribution < -0.4 is 0 Å². The standard InChI is InChI=1S/C21H32N2O6/c1-6-9-22(12(4)5)19(26)17-21-8-7-14(29-21)15(20(27)28)16(21)18(25)23(17)13(10-24)11(2)3/h6,11-17,24H,1,7-10H2,2-5H3,(H,27,28)/t13-,14-,15+,16-,17?,21?/m0/s1. The van der Waals surface area contributed by atoms with Crippen molar-refractivity contribution in [1.82, 2.24) is 9.80 Å². The molecule has 3 aliphatic heterocycles. The first-order valence-electron chi connectivity index (χ1n) is 10.4. The number of aliphatic carboxylic acids is 1. The number of carboxylic acids is 1. The van der Waals surface area contributed by atoms with E-state index in [9.17, 15) is 24.6 Å². The van der Waals surface area contributed by atoms with Crippen LogP contribution in [0.1, 0.15) is 40.5 Å². The molecule has 2 bridgehead atoms. The average Bonchev–Trinajstić information content (AvgIpc) is 3.27. The van der Waals surface area contributed by atoms with Gasteiger partial charge in [0.1, 0.15) is 11.6 Å². The average molecular weight is 408 g/mol. The molecule has 29 heavy (non-hydrogen) atoms. The van der Waals surface area contributed by atoms with Crippen LogP contribution in [-0.4, -0.2) is 80.8 Å². The number of carbonyl (C=O) groups excluding carboxylic acids is 2. The molecule has 3 heterocycles. The third kappa shape index (κ3) is 3.08. The van der Waals surface area contributed by atoms with Gasteiger partial charge >= 0.3 is 5.97 Å². The van der Waals surface area contributed by atoms with Crippen LogP contribution in [0, 0.1) is 17.8 Å². The van der Waals surface area contributed by atoms with Crippen molar-refractivity contribution in [3.8, 4) is 0 Å². The second-order valence-electron chi connectivity index (χ2n) is 9.01. The molecule has 162 valence electrons. The number of amides is 2. The van der Waals surface area contributed by atoms with E-state index in [1.165, 1.54) is 4.90 Å². The molecule has 0 aromatic heterocycles. The van der Waals surface area contributed by atoms with E-state index in [0.29, 0.717) is 19.4 Å². The van der Waals surface area contributed by atoms with Gasteiger partial charge in [0.15, 0.2) is 0 Å². The fraction of sp³-hybridized carbons (Fsp3) is 0.762. The van der Waals surface area contributed by atoms with E-state index in [-0.39, 0.29) is 24.5 Å². The monoisotopic (exact) mass is 408 g/mol. The number of carboxylic acid groups (broad SMARTS) is 1. The maximum atomic E-state index is 13.8. The highest BCUT2D eigenvalue weighted by molar-refractivity contribution is 5.98. The molecule has 3 rings (SSSR count). The number of ether oxygens (including phenoxy) is 1. The molecule has 3 saturated heterocycles. The van der Waals surface area contributed by atoms with E-state index >= 15 is 0 Å². The number of aliphatic hydroxyl groups excluding tert-OH is 1. The molecule has 0 aliphatic carbocycles. The van der Waals surface area contributed by atoms with Gasteiger partial charge in [-0.2, -0.15) is 0 Å². The summed E-state index contributed by atoms with van der Waals surface area (Å²) >= 11 is 0. The van der Waals surface area contributed by atoms with Crippen LogP contribution in [0.2, 0.25) is 0 Å². The van der Waals surface area contributed by atoms with Gasteiger partial charge < -0.3 is 24.7 Å². The van der Waals surface area contributed by atoms with E-state index in [1.54, 1.807) is 11.0 Å². The molecule has 2 N–H and O–H groups in total. The van der Waals surface area contributed by atoms with Crippen molar-refractivity contribution in [2.75, 3.05) is 13.2 Å². The van der Waals surface area contributed by atoms with Crippen LogP contribution in [0.4, 0.5) is 0 Å². The minimum atomic E-state index is -1.15. The number of hydrogen-bond donors (Lipinski definition) is 2. The highest BCUT2D eigenvalue weighted by Gasteiger charge is 2.75. The zero-order valence-electron chi connectivity index (χ0n) is 17.6. The zero-order valence-corrected chi connectivity index (χ0v) is 17.6. The largest absolute Gasteiger partial charge is 0.481 e. The number of nitrogens with zero attached hydrogens (tertiary/aromatic N) is 2. The van der Waals surface area contributed by atoms with Gasteiger partial charge in [-0.15, -0.1) is 6.58 Å². The number of carbonyl (C=O) groups is 3. The quantitative estimate of drug-likeness (QED) is 0.578. The summed E-state index contributed by atoms with van der Waals surface area (Å²) in [6.45, 7) is 11.3. The van der Waals surface area contributed by atoms with E-state index < -0.39 is 47.5 Å². The zero-order chi connectivity index (χ0) is 21.7. The summed E-state index contributed by atoms with van der Waals surface area (Å²) in [6, 6.07) is -1.67. The van der Waals surface area contributed by atoms with Crippen LogP contribution in [0.15, 0.2) is 12.7 Å². The predicted octanol–water partition coefficient (Wildman–Crippen LogP) is 0.886. The molecule has 0 aromatic rings. The first-order chi connectivity index (χ1) is 13.6. The SMILES string of the molecule is C=CCN(C(=O)C1N([C@@H](CO)C(C)C)C(=O)[C@@H]2[C@H](C(=O)O)[C@@H]3CCC12O3)C(C)C. The maximum Gasteiger partial charge on any atom is 0.310 e. The maximum absolute atomic E-state index is 13.8. The molecule has 1 spiro atoms. The predicted molar refractivity (Wildman–Crippen MR) is 105 cm³/mol. The fourth-order valence-corrected chi connectivity index (χ4v) is 5.48. The number of rotatable bonds is 8. The lowest BCUT2D eigenvalue weighted by atomic mass is 9.70. The normalized spacial score (nSPS) is 34.0. The first-order valence-corrected chi connectivity index (χ1v) is 10.4.